The Morgan fingerprint density at radius 2 is 1.95 bits per heavy atom. The molecule has 1 heterocycles. The molecular formula is C14H24N2O3. The van der Waals surface area contributed by atoms with Crippen LogP contribution >= 0.6 is 0 Å². The molecule has 0 bridgehead atoms. The van der Waals surface area contributed by atoms with Gasteiger partial charge in [0.2, 0.25) is 0 Å². The minimum atomic E-state index is -0.524. The number of hydrogen-bond acceptors (Lipinski definition) is 5. The lowest BCUT2D eigenvalue weighted by Crippen LogP contribution is -2.33. The van der Waals surface area contributed by atoms with Crippen LogP contribution in [0.25, 0.3) is 0 Å². The second-order valence-electron chi connectivity index (χ2n) is 4.66. The maximum absolute atomic E-state index is 9.82. The van der Waals surface area contributed by atoms with Gasteiger partial charge in [0, 0.05) is 32.1 Å². The summed E-state index contributed by atoms with van der Waals surface area (Å²) in [6.45, 7) is 5.30. The second kappa shape index (κ2) is 8.98. The van der Waals surface area contributed by atoms with E-state index in [4.69, 9.17) is 9.47 Å². The van der Waals surface area contributed by atoms with Gasteiger partial charge in [-0.1, -0.05) is 0 Å². The van der Waals surface area contributed by atoms with Gasteiger partial charge in [-0.25, -0.2) is 0 Å². The highest BCUT2D eigenvalue weighted by molar-refractivity contribution is 5.13. The molecule has 0 aliphatic rings. The summed E-state index contributed by atoms with van der Waals surface area (Å²) in [5.74, 6) is 0. The maximum Gasteiger partial charge on any atom is 0.0898 e. The average Bonchev–Trinajstić information content (AvgIpc) is 2.44. The summed E-state index contributed by atoms with van der Waals surface area (Å²) in [7, 11) is 1.63. The van der Waals surface area contributed by atoms with Crippen molar-refractivity contribution in [3.8, 4) is 0 Å². The Bertz CT molecular complexity index is 335. The van der Waals surface area contributed by atoms with Crippen LogP contribution < -0.4 is 5.32 Å². The number of pyridine rings is 1. The molecule has 5 nitrogen and oxygen atoms in total. The summed E-state index contributed by atoms with van der Waals surface area (Å²) in [6, 6.07) is 4.09. The number of ether oxygens (including phenoxy) is 2. The lowest BCUT2D eigenvalue weighted by atomic mass is 10.1. The van der Waals surface area contributed by atoms with Crippen LogP contribution in [0.1, 0.15) is 25.5 Å². The predicted octanol–water partition coefficient (Wildman–Crippen LogP) is 1.14. The third-order valence-electron chi connectivity index (χ3n) is 2.84. The van der Waals surface area contributed by atoms with Gasteiger partial charge in [-0.2, -0.15) is 0 Å². The first kappa shape index (κ1) is 16.0. The molecule has 0 spiro atoms. The Morgan fingerprint density at radius 3 is 2.58 bits per heavy atom. The van der Waals surface area contributed by atoms with Gasteiger partial charge in [0.25, 0.3) is 0 Å². The Kier molecular flexibility index (Phi) is 7.59. The van der Waals surface area contributed by atoms with Gasteiger partial charge in [0.15, 0.2) is 0 Å². The molecule has 1 rings (SSSR count). The zero-order chi connectivity index (χ0) is 14.1. The minimum absolute atomic E-state index is 0.00253. The van der Waals surface area contributed by atoms with E-state index in [-0.39, 0.29) is 12.1 Å². The van der Waals surface area contributed by atoms with Gasteiger partial charge in [-0.3, -0.25) is 4.98 Å². The first-order valence-electron chi connectivity index (χ1n) is 6.55. The van der Waals surface area contributed by atoms with E-state index in [0.717, 1.165) is 5.56 Å². The molecule has 2 unspecified atom stereocenters. The molecule has 5 heteroatoms. The van der Waals surface area contributed by atoms with Gasteiger partial charge in [-0.05, 0) is 31.5 Å². The third-order valence-corrected chi connectivity index (χ3v) is 2.84. The van der Waals surface area contributed by atoms with E-state index in [1.807, 2.05) is 19.1 Å². The largest absolute Gasteiger partial charge is 0.389 e. The molecule has 0 radical (unpaired) electrons. The zero-order valence-electron chi connectivity index (χ0n) is 11.9. The van der Waals surface area contributed by atoms with Crippen molar-refractivity contribution >= 4 is 0 Å². The van der Waals surface area contributed by atoms with Crippen LogP contribution in [0.5, 0.6) is 0 Å². The van der Waals surface area contributed by atoms with Crippen molar-refractivity contribution in [1.29, 1.82) is 0 Å². The fourth-order valence-corrected chi connectivity index (χ4v) is 1.70. The van der Waals surface area contributed by atoms with Crippen LogP contribution in [0.4, 0.5) is 0 Å². The molecule has 0 aliphatic heterocycles. The summed E-state index contributed by atoms with van der Waals surface area (Å²) in [5.41, 5.74) is 1.15. The van der Waals surface area contributed by atoms with Crippen molar-refractivity contribution in [1.82, 2.24) is 10.3 Å². The van der Waals surface area contributed by atoms with E-state index in [1.54, 1.807) is 19.5 Å². The second-order valence-corrected chi connectivity index (χ2v) is 4.66. The highest BCUT2D eigenvalue weighted by Crippen LogP contribution is 2.09. The number of aliphatic hydroxyl groups excluding tert-OH is 1. The van der Waals surface area contributed by atoms with Gasteiger partial charge in [0.05, 0.1) is 25.4 Å². The van der Waals surface area contributed by atoms with Crippen LogP contribution in [0.15, 0.2) is 24.5 Å². The Morgan fingerprint density at radius 1 is 1.26 bits per heavy atom. The van der Waals surface area contributed by atoms with Crippen LogP contribution in [-0.4, -0.2) is 49.2 Å². The molecule has 1 aromatic heterocycles. The van der Waals surface area contributed by atoms with Crippen molar-refractivity contribution < 1.29 is 14.6 Å². The quantitative estimate of drug-likeness (QED) is 0.703. The van der Waals surface area contributed by atoms with Crippen LogP contribution in [0.2, 0.25) is 0 Å². The minimum Gasteiger partial charge on any atom is -0.389 e. The number of aromatic nitrogens is 1. The molecule has 0 aromatic carbocycles. The van der Waals surface area contributed by atoms with Crippen molar-refractivity contribution in [3.63, 3.8) is 0 Å². The van der Waals surface area contributed by atoms with Crippen molar-refractivity contribution in [2.75, 3.05) is 26.9 Å². The summed E-state index contributed by atoms with van der Waals surface area (Å²) in [4.78, 5) is 3.98. The van der Waals surface area contributed by atoms with E-state index in [1.165, 1.54) is 0 Å². The normalized spacial score (nSPS) is 16.0. The van der Waals surface area contributed by atoms with Gasteiger partial charge >= 0.3 is 0 Å². The Balaban J connectivity index is 2.21. The van der Waals surface area contributed by atoms with Crippen LogP contribution in [-0.2, 0) is 9.47 Å². The first-order valence-corrected chi connectivity index (χ1v) is 6.55. The molecule has 0 amide bonds. The number of nitrogens with one attached hydrogen (secondary N) is 1. The summed E-state index contributed by atoms with van der Waals surface area (Å²) >= 11 is 0. The fraction of sp³-hybridized carbons (Fsp3) is 0.643. The van der Waals surface area contributed by atoms with E-state index in [9.17, 15) is 5.11 Å². The highest BCUT2D eigenvalue weighted by Gasteiger charge is 2.10. The van der Waals surface area contributed by atoms with E-state index in [2.05, 4.69) is 17.2 Å². The lowest BCUT2D eigenvalue weighted by molar-refractivity contribution is -0.0315. The summed E-state index contributed by atoms with van der Waals surface area (Å²) < 4.78 is 10.4. The van der Waals surface area contributed by atoms with Gasteiger partial charge in [0.1, 0.15) is 0 Å². The first-order chi connectivity index (χ1) is 9.13. The maximum atomic E-state index is 9.82. The monoisotopic (exact) mass is 268 g/mol. The molecule has 0 aliphatic carbocycles. The van der Waals surface area contributed by atoms with Crippen LogP contribution in [0.3, 0.4) is 0 Å². The zero-order valence-corrected chi connectivity index (χ0v) is 11.9. The summed E-state index contributed by atoms with van der Waals surface area (Å²) in [5, 5.41) is 13.1. The smallest absolute Gasteiger partial charge is 0.0898 e. The van der Waals surface area contributed by atoms with Crippen molar-refractivity contribution in [3.05, 3.63) is 30.1 Å². The SMILES string of the molecule is COCC(C)OCC(O)CN[C@H](C)c1ccncc1. The standard InChI is InChI=1S/C14H24N2O3/c1-11(9-18-3)19-10-14(17)8-16-12(2)13-4-6-15-7-5-13/h4-7,11-12,14,16-17H,8-10H2,1-3H3/t11?,12-,14?/m1/s1. The van der Waals surface area contributed by atoms with E-state index < -0.39 is 6.10 Å². The lowest BCUT2D eigenvalue weighted by Gasteiger charge is -2.19. The number of aliphatic hydroxyl groups is 1. The molecule has 0 fully saturated rings. The van der Waals surface area contributed by atoms with Crippen LogP contribution in [0, 0.1) is 0 Å². The molecule has 2 N–H and O–H groups in total. The third kappa shape index (κ3) is 6.63. The molecule has 3 atom stereocenters. The topological polar surface area (TPSA) is 63.6 Å². The average molecular weight is 268 g/mol. The van der Waals surface area contributed by atoms with Gasteiger partial charge < -0.3 is 19.9 Å². The van der Waals surface area contributed by atoms with Gasteiger partial charge in [-0.15, -0.1) is 0 Å². The Hall–Kier alpha value is -1.01. The highest BCUT2D eigenvalue weighted by atomic mass is 16.5. The van der Waals surface area contributed by atoms with E-state index in [0.29, 0.717) is 19.8 Å². The van der Waals surface area contributed by atoms with E-state index >= 15 is 0 Å². The summed E-state index contributed by atoms with van der Waals surface area (Å²) in [6.07, 6.45) is 3.00. The van der Waals surface area contributed by atoms with Crippen molar-refractivity contribution in [2.24, 2.45) is 0 Å². The number of rotatable bonds is 9. The fourth-order valence-electron chi connectivity index (χ4n) is 1.70. The molecule has 0 saturated heterocycles. The number of nitrogens with zero attached hydrogens (tertiary/aromatic N) is 1. The molecule has 19 heavy (non-hydrogen) atoms. The number of methoxy groups -OCH3 is 1. The molecular weight excluding hydrogens is 244 g/mol. The molecule has 0 saturated carbocycles. The Labute approximate surface area is 115 Å². The number of hydrogen-bond donors (Lipinski definition) is 2. The molecule has 1 aromatic rings. The molecule has 108 valence electrons. The van der Waals surface area contributed by atoms with Crippen molar-refractivity contribution in [2.45, 2.75) is 32.1 Å². The predicted molar refractivity (Wildman–Crippen MR) is 74.0 cm³/mol.